The smallest absolute Gasteiger partial charge is 0.145 e. The van der Waals surface area contributed by atoms with Crippen LogP contribution >= 0.6 is 0 Å². The molecule has 7 unspecified atom stereocenters. The summed E-state index contributed by atoms with van der Waals surface area (Å²) >= 11 is 0. The normalized spacial score (nSPS) is 35.5. The van der Waals surface area contributed by atoms with Crippen LogP contribution in [0.4, 0.5) is 0 Å². The maximum absolute atomic E-state index is 12.2. The molecule has 7 atom stereocenters. The largest absolute Gasteiger partial charge is 0.396 e. The number of fused-ring (bicyclic) bond motifs is 3. The van der Waals surface area contributed by atoms with Gasteiger partial charge in [-0.2, -0.15) is 0 Å². The van der Waals surface area contributed by atoms with Crippen molar-refractivity contribution in [3.05, 3.63) is 70.9 Å². The summed E-state index contributed by atoms with van der Waals surface area (Å²) in [5.74, 6) is -0.725. The van der Waals surface area contributed by atoms with Gasteiger partial charge in [-0.1, -0.05) is 59.8 Å². The second-order valence-corrected chi connectivity index (χ2v) is 12.1. The first kappa shape index (κ1) is 31.4. The van der Waals surface area contributed by atoms with Crippen molar-refractivity contribution < 1.29 is 30.0 Å². The minimum absolute atomic E-state index is 0.0148. The number of hydrogen-bond acceptors (Lipinski definition) is 6. The van der Waals surface area contributed by atoms with Crippen LogP contribution in [0.25, 0.3) is 0 Å². The van der Waals surface area contributed by atoms with Crippen molar-refractivity contribution in [1.82, 2.24) is 0 Å². The molecule has 216 valence electrons. The van der Waals surface area contributed by atoms with Crippen molar-refractivity contribution in [2.75, 3.05) is 20.0 Å². The van der Waals surface area contributed by atoms with E-state index in [-0.39, 0.29) is 36.9 Å². The van der Waals surface area contributed by atoms with Crippen LogP contribution in [0.1, 0.15) is 66.2 Å². The highest BCUT2D eigenvalue weighted by molar-refractivity contribution is 5.74. The highest BCUT2D eigenvalue weighted by Crippen LogP contribution is 2.66. The Kier molecular flexibility index (Phi) is 10.9. The van der Waals surface area contributed by atoms with E-state index in [4.69, 9.17) is 4.74 Å². The monoisotopic (exact) mass is 540 g/mol. The third-order valence-corrected chi connectivity index (χ3v) is 9.30. The first-order chi connectivity index (χ1) is 18.5. The number of aliphatic hydroxyl groups is 4. The van der Waals surface area contributed by atoms with Gasteiger partial charge in [0.2, 0.25) is 0 Å². The Labute approximate surface area is 234 Å². The van der Waals surface area contributed by atoms with Gasteiger partial charge in [0.05, 0.1) is 18.3 Å². The molecule has 0 aromatic rings. The molecule has 2 bridgehead atoms. The first-order valence-corrected chi connectivity index (χ1v) is 14.3. The average molecular weight is 541 g/mol. The molecule has 1 spiro atoms. The predicted molar refractivity (Wildman–Crippen MR) is 155 cm³/mol. The van der Waals surface area contributed by atoms with Crippen LogP contribution in [0.2, 0.25) is 0 Å². The number of rotatable bonds is 12. The van der Waals surface area contributed by atoms with Gasteiger partial charge < -0.3 is 25.2 Å². The van der Waals surface area contributed by atoms with E-state index in [2.05, 4.69) is 38.7 Å². The van der Waals surface area contributed by atoms with Crippen molar-refractivity contribution in [3.63, 3.8) is 0 Å². The Morgan fingerprint density at radius 3 is 2.62 bits per heavy atom. The molecule has 39 heavy (non-hydrogen) atoms. The molecule has 0 radical (unpaired) electrons. The molecule has 3 aliphatic rings. The zero-order chi connectivity index (χ0) is 28.8. The van der Waals surface area contributed by atoms with Gasteiger partial charge in [0.1, 0.15) is 13.1 Å². The van der Waals surface area contributed by atoms with E-state index in [9.17, 15) is 25.2 Å². The Hall–Kier alpha value is -2.09. The van der Waals surface area contributed by atoms with E-state index in [0.717, 1.165) is 35.8 Å². The van der Waals surface area contributed by atoms with Crippen molar-refractivity contribution >= 4 is 6.29 Å². The van der Waals surface area contributed by atoms with Gasteiger partial charge in [-0.25, -0.2) is 0 Å². The molecule has 0 saturated heterocycles. The lowest BCUT2D eigenvalue weighted by Gasteiger charge is -2.60. The van der Waals surface area contributed by atoms with E-state index in [1.165, 1.54) is 5.57 Å². The number of carbonyl (C=O) groups excluding carboxylic acids is 1. The number of hydrogen-bond donors (Lipinski definition) is 4. The predicted octanol–water partition coefficient (Wildman–Crippen LogP) is 4.97. The molecule has 0 amide bonds. The fourth-order valence-electron chi connectivity index (χ4n) is 7.52. The lowest BCUT2D eigenvalue weighted by atomic mass is 9.46. The summed E-state index contributed by atoms with van der Waals surface area (Å²) in [6.45, 7) is 11.7. The molecule has 3 rings (SSSR count). The van der Waals surface area contributed by atoms with Gasteiger partial charge in [0, 0.05) is 23.9 Å². The number of carbonyl (C=O) groups is 1. The Bertz CT molecular complexity index is 1040. The highest BCUT2D eigenvalue weighted by atomic mass is 16.6. The number of aldehydes is 1. The average Bonchev–Trinajstić information content (AvgIpc) is 3.23. The molecule has 6 nitrogen and oxygen atoms in total. The van der Waals surface area contributed by atoms with Crippen LogP contribution in [-0.4, -0.2) is 58.4 Å². The Morgan fingerprint density at radius 2 is 1.97 bits per heavy atom. The van der Waals surface area contributed by atoms with Crippen LogP contribution in [-0.2, 0) is 9.53 Å². The van der Waals surface area contributed by atoms with Crippen molar-refractivity contribution in [2.45, 2.75) is 77.9 Å². The second kappa shape index (κ2) is 13.5. The third-order valence-electron chi connectivity index (χ3n) is 9.30. The third kappa shape index (κ3) is 6.47. The Balaban J connectivity index is 1.99. The molecule has 2 fully saturated rings. The second-order valence-electron chi connectivity index (χ2n) is 12.1. The molecule has 4 N–H and O–H groups in total. The lowest BCUT2D eigenvalue weighted by molar-refractivity contribution is -0.182. The van der Waals surface area contributed by atoms with E-state index in [1.54, 1.807) is 0 Å². The summed E-state index contributed by atoms with van der Waals surface area (Å²) < 4.78 is 5.40. The van der Waals surface area contributed by atoms with Crippen LogP contribution in [0, 0.1) is 29.1 Å². The van der Waals surface area contributed by atoms with Gasteiger partial charge in [-0.15, -0.1) is 0 Å². The van der Waals surface area contributed by atoms with E-state index >= 15 is 0 Å². The van der Waals surface area contributed by atoms with Gasteiger partial charge in [-0.3, -0.25) is 4.79 Å². The fraction of sp³-hybridized carbons (Fsp3) is 0.606. The van der Waals surface area contributed by atoms with Crippen molar-refractivity contribution in [3.8, 4) is 0 Å². The standard InChI is InChI=1S/C33H48O6/c1-22(2)8-6-9-23(3)10-7-11-27(20-39-21-36)28-14-16-33(31(28)37)30-25(15-17-34)12-13-26(18-32(33,5)38)29(30)24(4)19-35/h7-8,10-13,19,25-26,28,30-31,34,36-38H,3,6,9,14-18,20-21H2,1-2,4-5H3. The highest BCUT2D eigenvalue weighted by Gasteiger charge is 2.67. The van der Waals surface area contributed by atoms with Gasteiger partial charge in [-0.05, 0) is 89.2 Å². The van der Waals surface area contributed by atoms with Gasteiger partial charge >= 0.3 is 0 Å². The van der Waals surface area contributed by atoms with E-state index in [1.807, 2.05) is 32.1 Å². The van der Waals surface area contributed by atoms with E-state index in [0.29, 0.717) is 31.3 Å². The summed E-state index contributed by atoms with van der Waals surface area (Å²) in [7, 11) is 0. The molecule has 0 aromatic heterocycles. The van der Waals surface area contributed by atoms with Gasteiger partial charge in [0.25, 0.3) is 0 Å². The number of aliphatic hydroxyl groups excluding tert-OH is 3. The number of ether oxygens (including phenoxy) is 1. The van der Waals surface area contributed by atoms with Crippen molar-refractivity contribution in [2.24, 2.45) is 29.1 Å². The van der Waals surface area contributed by atoms with Crippen LogP contribution in [0.5, 0.6) is 0 Å². The quantitative estimate of drug-likeness (QED) is 0.0916. The molecule has 0 heterocycles. The minimum Gasteiger partial charge on any atom is -0.396 e. The molecular weight excluding hydrogens is 492 g/mol. The summed E-state index contributed by atoms with van der Waals surface area (Å²) in [5, 5.41) is 43.4. The molecule has 6 heteroatoms. The SMILES string of the molecule is C=C(C=CC=C(COCO)C1CCC2(C1O)C1C(=C(C)C=O)C(C=CC1CCO)CC2(C)O)CCC=C(C)C. The molecular formula is C33H48O6. The zero-order valence-corrected chi connectivity index (χ0v) is 24.1. The summed E-state index contributed by atoms with van der Waals surface area (Å²) in [6, 6.07) is 0. The molecule has 0 aliphatic heterocycles. The minimum atomic E-state index is -1.18. The maximum atomic E-state index is 12.2. The molecule has 0 aromatic carbocycles. The number of allylic oxidation sites excluding steroid dienone is 10. The van der Waals surface area contributed by atoms with Crippen molar-refractivity contribution in [1.29, 1.82) is 0 Å². The maximum Gasteiger partial charge on any atom is 0.145 e. The molecule has 3 aliphatic carbocycles. The van der Waals surface area contributed by atoms with E-state index < -0.39 is 23.9 Å². The van der Waals surface area contributed by atoms with Crippen LogP contribution < -0.4 is 0 Å². The fourth-order valence-corrected chi connectivity index (χ4v) is 7.52. The van der Waals surface area contributed by atoms with Crippen LogP contribution in [0.3, 0.4) is 0 Å². The Morgan fingerprint density at radius 1 is 1.23 bits per heavy atom. The summed E-state index contributed by atoms with van der Waals surface area (Å²) in [5.41, 5.74) is 2.69. The topological polar surface area (TPSA) is 107 Å². The lowest BCUT2D eigenvalue weighted by Crippen LogP contribution is -2.63. The first-order valence-electron chi connectivity index (χ1n) is 14.3. The summed E-state index contributed by atoms with van der Waals surface area (Å²) in [4.78, 5) is 12.0. The molecule has 2 saturated carbocycles. The zero-order valence-electron chi connectivity index (χ0n) is 24.1. The summed E-state index contributed by atoms with van der Waals surface area (Å²) in [6.07, 6.45) is 16.1. The van der Waals surface area contributed by atoms with Gasteiger partial charge in [0.15, 0.2) is 0 Å². The van der Waals surface area contributed by atoms with Crippen LogP contribution in [0.15, 0.2) is 70.9 Å².